The largest absolute Gasteiger partial charge is 0.369 e. The molecule has 1 unspecified atom stereocenters. The Hall–Kier alpha value is -2.32. The Morgan fingerprint density at radius 2 is 1.96 bits per heavy atom. The van der Waals surface area contributed by atoms with Crippen LogP contribution in [0.5, 0.6) is 0 Å². The van der Waals surface area contributed by atoms with Gasteiger partial charge in [0.2, 0.25) is 0 Å². The first-order valence-electron chi connectivity index (χ1n) is 8.97. The summed E-state index contributed by atoms with van der Waals surface area (Å²) in [6.45, 7) is 2.57. The van der Waals surface area contributed by atoms with Crippen LogP contribution >= 0.6 is 0 Å². The summed E-state index contributed by atoms with van der Waals surface area (Å²) in [5.74, 6) is -2.76. The molecule has 1 aromatic carbocycles. The maximum Gasteiger partial charge on any atom is 0.252 e. The molecule has 1 aliphatic carbocycles. The van der Waals surface area contributed by atoms with Crippen molar-refractivity contribution in [1.29, 1.82) is 5.26 Å². The van der Waals surface area contributed by atoms with Crippen molar-refractivity contribution in [2.24, 2.45) is 0 Å². The molecule has 134 valence electrons. The van der Waals surface area contributed by atoms with E-state index >= 15 is 0 Å². The number of alkyl halides is 2. The smallest absolute Gasteiger partial charge is 0.252 e. The Balaban J connectivity index is 2.02. The molecule has 26 heavy (non-hydrogen) atoms. The first-order chi connectivity index (χ1) is 12.4. The number of ether oxygens (including phenoxy) is 1. The summed E-state index contributed by atoms with van der Waals surface area (Å²) in [6, 6.07) is 11.6. The predicted octanol–water partition coefficient (Wildman–Crippen LogP) is 4.77. The van der Waals surface area contributed by atoms with Crippen molar-refractivity contribution in [3.8, 4) is 17.2 Å². The Morgan fingerprint density at radius 3 is 2.62 bits per heavy atom. The molecule has 0 spiro atoms. The lowest BCUT2D eigenvalue weighted by Gasteiger charge is -2.31. The van der Waals surface area contributed by atoms with Gasteiger partial charge in [-0.15, -0.1) is 0 Å². The molecular formula is C21H20F2N2O. The van der Waals surface area contributed by atoms with Crippen molar-refractivity contribution >= 4 is 0 Å². The van der Waals surface area contributed by atoms with Gasteiger partial charge < -0.3 is 4.74 Å². The van der Waals surface area contributed by atoms with Crippen molar-refractivity contribution < 1.29 is 13.5 Å². The number of aryl methyl sites for hydroxylation is 1. The van der Waals surface area contributed by atoms with Crippen LogP contribution in [-0.4, -0.2) is 17.5 Å². The normalized spacial score (nSPS) is 24.1. The van der Waals surface area contributed by atoms with Crippen molar-refractivity contribution in [3.63, 3.8) is 0 Å². The van der Waals surface area contributed by atoms with E-state index in [0.717, 1.165) is 18.4 Å². The fraction of sp³-hybridized carbons (Fsp3) is 0.429. The molecule has 1 atom stereocenters. The van der Waals surface area contributed by atoms with Gasteiger partial charge in [0.05, 0.1) is 11.3 Å². The lowest BCUT2D eigenvalue weighted by atomic mass is 9.81. The van der Waals surface area contributed by atoms with Gasteiger partial charge in [-0.1, -0.05) is 30.3 Å². The molecule has 2 aliphatic rings. The van der Waals surface area contributed by atoms with Crippen LogP contribution in [0.1, 0.15) is 48.7 Å². The Kier molecular flexibility index (Phi) is 4.04. The molecular weight excluding hydrogens is 334 g/mol. The molecule has 1 aliphatic heterocycles. The molecule has 0 amide bonds. The molecule has 5 heteroatoms. The number of aromatic nitrogens is 1. The van der Waals surface area contributed by atoms with Crippen LogP contribution in [0, 0.1) is 11.3 Å². The second kappa shape index (κ2) is 6.14. The van der Waals surface area contributed by atoms with Crippen LogP contribution in [0.25, 0.3) is 11.1 Å². The third-order valence-corrected chi connectivity index (χ3v) is 5.44. The second-order valence-corrected chi connectivity index (χ2v) is 7.33. The van der Waals surface area contributed by atoms with Gasteiger partial charge in [-0.25, -0.2) is 8.78 Å². The van der Waals surface area contributed by atoms with Crippen molar-refractivity contribution in [2.75, 3.05) is 6.61 Å². The Labute approximate surface area is 151 Å². The Morgan fingerprint density at radius 1 is 1.19 bits per heavy atom. The van der Waals surface area contributed by atoms with Crippen LogP contribution in [0.15, 0.2) is 30.3 Å². The van der Waals surface area contributed by atoms with Crippen LogP contribution < -0.4 is 0 Å². The number of hydrogen-bond acceptors (Lipinski definition) is 3. The molecule has 2 aromatic rings. The van der Waals surface area contributed by atoms with Crippen LogP contribution in [0.4, 0.5) is 8.78 Å². The zero-order chi connectivity index (χ0) is 18.4. The van der Waals surface area contributed by atoms with Crippen LogP contribution in [0.2, 0.25) is 0 Å². The zero-order valence-electron chi connectivity index (χ0n) is 14.7. The SMILES string of the molecule is CC1(c2nc3c(c(-c4ccccc4)c2C#N)CC(F)(F)CC3)CCCO1. The van der Waals surface area contributed by atoms with Gasteiger partial charge in [0.1, 0.15) is 11.7 Å². The summed E-state index contributed by atoms with van der Waals surface area (Å²) in [5, 5.41) is 9.93. The second-order valence-electron chi connectivity index (χ2n) is 7.33. The highest BCUT2D eigenvalue weighted by molar-refractivity contribution is 5.76. The summed E-state index contributed by atoms with van der Waals surface area (Å²) in [5.41, 5.74) is 2.91. The van der Waals surface area contributed by atoms with E-state index in [9.17, 15) is 14.0 Å². The van der Waals surface area contributed by atoms with E-state index < -0.39 is 11.5 Å². The zero-order valence-corrected chi connectivity index (χ0v) is 14.7. The quantitative estimate of drug-likeness (QED) is 0.780. The number of pyridine rings is 1. The lowest BCUT2D eigenvalue weighted by molar-refractivity contribution is -0.0132. The number of benzene rings is 1. The summed E-state index contributed by atoms with van der Waals surface area (Å²) < 4.78 is 34.2. The van der Waals surface area contributed by atoms with E-state index in [1.807, 2.05) is 37.3 Å². The first-order valence-corrected chi connectivity index (χ1v) is 8.97. The van der Waals surface area contributed by atoms with E-state index in [2.05, 4.69) is 6.07 Å². The minimum Gasteiger partial charge on any atom is -0.369 e. The summed E-state index contributed by atoms with van der Waals surface area (Å²) in [6.07, 6.45) is 1.32. The molecule has 3 nitrogen and oxygen atoms in total. The van der Waals surface area contributed by atoms with Gasteiger partial charge in [-0.2, -0.15) is 5.26 Å². The molecule has 0 radical (unpaired) electrons. The highest BCUT2D eigenvalue weighted by Crippen LogP contribution is 2.44. The fourth-order valence-electron chi connectivity index (χ4n) is 4.10. The van der Waals surface area contributed by atoms with Gasteiger partial charge in [0, 0.05) is 30.7 Å². The first kappa shape index (κ1) is 17.1. The van der Waals surface area contributed by atoms with E-state index in [0.29, 0.717) is 34.7 Å². The fourth-order valence-corrected chi connectivity index (χ4v) is 4.10. The highest BCUT2D eigenvalue weighted by atomic mass is 19.3. The van der Waals surface area contributed by atoms with Crippen molar-refractivity contribution in [1.82, 2.24) is 4.98 Å². The molecule has 1 saturated heterocycles. The number of nitrogens with zero attached hydrogens (tertiary/aromatic N) is 2. The minimum absolute atomic E-state index is 0.204. The maximum absolute atomic E-state index is 14.2. The van der Waals surface area contributed by atoms with Gasteiger partial charge in [0.15, 0.2) is 0 Å². The van der Waals surface area contributed by atoms with E-state index in [-0.39, 0.29) is 19.3 Å². The molecule has 0 saturated carbocycles. The molecule has 0 bridgehead atoms. The number of hydrogen-bond donors (Lipinski definition) is 0. The van der Waals surface area contributed by atoms with Crippen LogP contribution in [0.3, 0.4) is 0 Å². The van der Waals surface area contributed by atoms with E-state index in [4.69, 9.17) is 9.72 Å². The van der Waals surface area contributed by atoms with E-state index in [1.165, 1.54) is 0 Å². The van der Waals surface area contributed by atoms with Gasteiger partial charge >= 0.3 is 0 Å². The monoisotopic (exact) mass is 354 g/mol. The average molecular weight is 354 g/mol. The molecule has 1 fully saturated rings. The molecule has 2 heterocycles. The maximum atomic E-state index is 14.2. The Bertz CT molecular complexity index is 881. The molecule has 4 rings (SSSR count). The van der Waals surface area contributed by atoms with Crippen LogP contribution in [-0.2, 0) is 23.2 Å². The number of halogens is 2. The molecule has 0 N–H and O–H groups in total. The number of fused-ring (bicyclic) bond motifs is 1. The number of rotatable bonds is 2. The van der Waals surface area contributed by atoms with Gasteiger partial charge in [-0.3, -0.25) is 4.98 Å². The summed E-state index contributed by atoms with van der Waals surface area (Å²) in [7, 11) is 0. The third kappa shape index (κ3) is 2.79. The third-order valence-electron chi connectivity index (χ3n) is 5.44. The average Bonchev–Trinajstić information content (AvgIpc) is 3.08. The summed E-state index contributed by atoms with van der Waals surface area (Å²) >= 11 is 0. The van der Waals surface area contributed by atoms with Crippen molar-refractivity contribution in [3.05, 3.63) is 52.8 Å². The summed E-state index contributed by atoms with van der Waals surface area (Å²) in [4.78, 5) is 4.71. The van der Waals surface area contributed by atoms with Gasteiger partial charge in [0.25, 0.3) is 5.92 Å². The van der Waals surface area contributed by atoms with Crippen molar-refractivity contribution in [2.45, 2.75) is 50.6 Å². The van der Waals surface area contributed by atoms with Gasteiger partial charge in [-0.05, 0) is 37.3 Å². The minimum atomic E-state index is -2.76. The lowest BCUT2D eigenvalue weighted by Crippen LogP contribution is -2.31. The molecule has 1 aromatic heterocycles. The standard InChI is InChI=1S/C21H20F2N2O/c1-20(9-5-11-26-20)19-16(13-24)18(14-6-3-2-4-7-14)15-12-21(22,23)10-8-17(15)25-19/h2-4,6-7H,5,8-12H2,1H3. The predicted molar refractivity (Wildman–Crippen MR) is 93.9 cm³/mol. The number of nitriles is 1. The highest BCUT2D eigenvalue weighted by Gasteiger charge is 2.41. The topological polar surface area (TPSA) is 45.9 Å². The van der Waals surface area contributed by atoms with E-state index in [1.54, 1.807) is 0 Å².